The van der Waals surface area contributed by atoms with Gasteiger partial charge in [0.15, 0.2) is 5.65 Å². The molecule has 2 aromatic carbocycles. The van der Waals surface area contributed by atoms with Crippen LogP contribution in [-0.2, 0) is 10.3 Å². The van der Waals surface area contributed by atoms with Gasteiger partial charge in [-0.1, -0.05) is 81.4 Å². The van der Waals surface area contributed by atoms with Crippen LogP contribution < -0.4 is 11.5 Å². The minimum atomic E-state index is -0.339. The van der Waals surface area contributed by atoms with Crippen LogP contribution in [0.2, 0.25) is 5.02 Å². The summed E-state index contributed by atoms with van der Waals surface area (Å²) in [6.45, 7) is 9.86. The van der Waals surface area contributed by atoms with Gasteiger partial charge < -0.3 is 9.82 Å². The molecule has 0 atom stereocenters. The highest BCUT2D eigenvalue weighted by atomic mass is 35.5. The standard InChI is InChI=1S/C26H24ClN5O2/c1-15(29-14-34-28)16-9-11-17(12-10-16)19-13-20-23(31-25(26(2,3)4)32-24(20)33)30-22(19)18-7-5-6-8-21(18)27/h5-14H,1,28H2,2-4H3,(H,30,31,32,33). The van der Waals surface area contributed by atoms with E-state index in [-0.39, 0.29) is 11.0 Å². The Morgan fingerprint density at radius 1 is 1.12 bits per heavy atom. The zero-order valence-corrected chi connectivity index (χ0v) is 19.8. The summed E-state index contributed by atoms with van der Waals surface area (Å²) in [7, 11) is 0. The van der Waals surface area contributed by atoms with Crippen molar-refractivity contribution in [3.63, 3.8) is 0 Å². The molecule has 0 saturated carbocycles. The van der Waals surface area contributed by atoms with Gasteiger partial charge >= 0.3 is 0 Å². The lowest BCUT2D eigenvalue weighted by Gasteiger charge is -2.18. The highest BCUT2D eigenvalue weighted by Gasteiger charge is 2.21. The number of benzene rings is 2. The smallest absolute Gasteiger partial charge is 0.260 e. The number of hydrogen-bond acceptors (Lipinski definition) is 6. The van der Waals surface area contributed by atoms with Crippen molar-refractivity contribution in [3.05, 3.63) is 87.9 Å². The zero-order chi connectivity index (χ0) is 24.5. The number of nitrogens with zero attached hydrogens (tertiary/aromatic N) is 3. The van der Waals surface area contributed by atoms with E-state index in [0.29, 0.717) is 33.3 Å². The maximum Gasteiger partial charge on any atom is 0.260 e. The third-order valence-corrected chi connectivity index (χ3v) is 5.66. The van der Waals surface area contributed by atoms with Crippen LogP contribution in [0, 0.1) is 0 Å². The highest BCUT2D eigenvalue weighted by Crippen LogP contribution is 2.36. The Hall–Kier alpha value is -3.81. The molecule has 172 valence electrons. The van der Waals surface area contributed by atoms with E-state index in [4.69, 9.17) is 22.5 Å². The number of rotatable bonds is 5. The topological polar surface area (TPSA) is 106 Å². The lowest BCUT2D eigenvalue weighted by atomic mass is 9.95. The van der Waals surface area contributed by atoms with Gasteiger partial charge in [0, 0.05) is 21.6 Å². The summed E-state index contributed by atoms with van der Waals surface area (Å²) in [5.41, 5.74) is 4.06. The molecule has 0 unspecified atom stereocenters. The first-order valence-corrected chi connectivity index (χ1v) is 10.9. The fraction of sp³-hybridized carbons (Fsp3) is 0.154. The Morgan fingerprint density at radius 3 is 2.47 bits per heavy atom. The third-order valence-electron chi connectivity index (χ3n) is 5.33. The quantitative estimate of drug-likeness (QED) is 0.226. The van der Waals surface area contributed by atoms with Gasteiger partial charge in [0.1, 0.15) is 5.82 Å². The van der Waals surface area contributed by atoms with Gasteiger partial charge in [0.25, 0.3) is 5.56 Å². The van der Waals surface area contributed by atoms with Crippen LogP contribution in [0.25, 0.3) is 39.1 Å². The van der Waals surface area contributed by atoms with E-state index in [1.807, 2.05) is 75.4 Å². The van der Waals surface area contributed by atoms with E-state index in [1.54, 1.807) is 0 Å². The van der Waals surface area contributed by atoms with Gasteiger partial charge in [-0.05, 0) is 23.3 Å². The number of fused-ring (bicyclic) bond motifs is 1. The fourth-order valence-corrected chi connectivity index (χ4v) is 3.73. The molecule has 0 aliphatic rings. The number of halogens is 1. The Bertz CT molecular complexity index is 1470. The van der Waals surface area contributed by atoms with Crippen molar-refractivity contribution in [1.29, 1.82) is 0 Å². The number of nitrogens with one attached hydrogen (secondary N) is 1. The molecule has 3 N–H and O–H groups in total. The number of pyridine rings is 1. The molecule has 0 saturated heterocycles. The predicted octanol–water partition coefficient (Wildman–Crippen LogP) is 5.49. The van der Waals surface area contributed by atoms with Crippen molar-refractivity contribution in [2.45, 2.75) is 26.2 Å². The molecular formula is C26H24ClN5O2. The molecule has 34 heavy (non-hydrogen) atoms. The van der Waals surface area contributed by atoms with Gasteiger partial charge in [0.2, 0.25) is 6.40 Å². The summed E-state index contributed by atoms with van der Waals surface area (Å²) in [4.78, 5) is 33.8. The van der Waals surface area contributed by atoms with Crippen molar-refractivity contribution < 1.29 is 4.84 Å². The summed E-state index contributed by atoms with van der Waals surface area (Å²) >= 11 is 6.54. The second-order valence-corrected chi connectivity index (χ2v) is 9.20. The lowest BCUT2D eigenvalue weighted by Crippen LogP contribution is -2.22. The van der Waals surface area contributed by atoms with Crippen LogP contribution in [0.15, 0.2) is 71.0 Å². The molecule has 0 aliphatic carbocycles. The van der Waals surface area contributed by atoms with Crippen molar-refractivity contribution in [1.82, 2.24) is 15.0 Å². The average molecular weight is 474 g/mol. The third kappa shape index (κ3) is 4.62. The van der Waals surface area contributed by atoms with Gasteiger partial charge in [-0.25, -0.2) is 15.0 Å². The molecule has 8 heteroatoms. The van der Waals surface area contributed by atoms with E-state index in [9.17, 15) is 4.79 Å². The fourth-order valence-electron chi connectivity index (χ4n) is 3.51. The van der Waals surface area contributed by atoms with Crippen LogP contribution >= 0.6 is 11.6 Å². The number of aliphatic imine (C=N–C) groups is 1. The first kappa shape index (κ1) is 23.4. The minimum absolute atomic E-state index is 0.240. The molecule has 0 aliphatic heterocycles. The largest absolute Gasteiger partial charge is 0.399 e. The summed E-state index contributed by atoms with van der Waals surface area (Å²) in [6, 6.07) is 16.8. The molecule has 0 radical (unpaired) electrons. The summed E-state index contributed by atoms with van der Waals surface area (Å²) in [5.74, 6) is 5.56. The van der Waals surface area contributed by atoms with Crippen molar-refractivity contribution in [3.8, 4) is 22.4 Å². The normalized spacial score (nSPS) is 11.8. The van der Waals surface area contributed by atoms with Gasteiger partial charge in [-0.2, -0.15) is 5.90 Å². The zero-order valence-electron chi connectivity index (χ0n) is 19.1. The Labute approximate surface area is 202 Å². The molecule has 2 aromatic heterocycles. The van der Waals surface area contributed by atoms with E-state index in [1.165, 1.54) is 0 Å². The molecular weight excluding hydrogens is 450 g/mol. The van der Waals surface area contributed by atoms with Crippen LogP contribution in [0.5, 0.6) is 0 Å². The molecule has 0 amide bonds. The number of hydrogen-bond donors (Lipinski definition) is 2. The van der Waals surface area contributed by atoms with Crippen molar-refractivity contribution in [2.24, 2.45) is 10.9 Å². The predicted molar refractivity (Wildman–Crippen MR) is 138 cm³/mol. The molecule has 4 aromatic rings. The molecule has 4 rings (SSSR count). The maximum absolute atomic E-state index is 13.0. The van der Waals surface area contributed by atoms with Gasteiger partial charge in [0.05, 0.1) is 16.8 Å². The van der Waals surface area contributed by atoms with Crippen LogP contribution in [0.1, 0.15) is 32.2 Å². The highest BCUT2D eigenvalue weighted by molar-refractivity contribution is 6.33. The molecule has 0 spiro atoms. The molecule has 2 heterocycles. The Morgan fingerprint density at radius 2 is 1.82 bits per heavy atom. The molecule has 7 nitrogen and oxygen atoms in total. The van der Waals surface area contributed by atoms with Crippen LogP contribution in [0.4, 0.5) is 0 Å². The van der Waals surface area contributed by atoms with Crippen molar-refractivity contribution in [2.75, 3.05) is 0 Å². The summed E-state index contributed by atoms with van der Waals surface area (Å²) < 4.78 is 0. The van der Waals surface area contributed by atoms with E-state index in [0.717, 1.165) is 28.7 Å². The Balaban J connectivity index is 1.95. The summed E-state index contributed by atoms with van der Waals surface area (Å²) in [6.07, 6.45) is 1.12. The number of H-pyrrole nitrogens is 1. The number of aromatic nitrogens is 3. The average Bonchev–Trinajstić information content (AvgIpc) is 2.81. The minimum Gasteiger partial charge on any atom is -0.399 e. The van der Waals surface area contributed by atoms with E-state index in [2.05, 4.69) is 26.4 Å². The second kappa shape index (κ2) is 9.21. The second-order valence-electron chi connectivity index (χ2n) is 8.79. The first-order valence-electron chi connectivity index (χ1n) is 10.6. The maximum atomic E-state index is 13.0. The molecule has 0 bridgehead atoms. The monoisotopic (exact) mass is 473 g/mol. The van der Waals surface area contributed by atoms with E-state index >= 15 is 0 Å². The van der Waals surface area contributed by atoms with Crippen LogP contribution in [0.3, 0.4) is 0 Å². The number of nitrogens with two attached hydrogens (primary N) is 1. The first-order chi connectivity index (χ1) is 16.2. The SMILES string of the molecule is C=C(N=CON)c1ccc(-c2cc3c(=O)[nH]c(C(C)(C)C)nc3nc2-c2ccccc2Cl)cc1. The van der Waals surface area contributed by atoms with Gasteiger partial charge in [-0.15, -0.1) is 0 Å². The van der Waals surface area contributed by atoms with Crippen molar-refractivity contribution >= 4 is 34.7 Å². The molecule has 0 fully saturated rings. The lowest BCUT2D eigenvalue weighted by molar-refractivity contribution is 0.338. The summed E-state index contributed by atoms with van der Waals surface area (Å²) in [5, 5.41) is 0.953. The van der Waals surface area contributed by atoms with Gasteiger partial charge in [-0.3, -0.25) is 4.79 Å². The number of aromatic amines is 1. The van der Waals surface area contributed by atoms with E-state index < -0.39 is 0 Å². The van der Waals surface area contributed by atoms with Crippen LogP contribution in [-0.4, -0.2) is 21.4 Å². The Kier molecular flexibility index (Phi) is 6.32.